The number of nitrogens with zero attached hydrogens (tertiary/aromatic N) is 2. The molecule has 0 unspecified atom stereocenters. The zero-order chi connectivity index (χ0) is 26.3. The zero-order valence-corrected chi connectivity index (χ0v) is 21.8. The molecule has 1 aliphatic rings. The van der Waals surface area contributed by atoms with Crippen LogP contribution in [0.3, 0.4) is 0 Å². The third-order valence-corrected chi connectivity index (χ3v) is 6.20. The fourth-order valence-electron chi connectivity index (χ4n) is 4.06. The molecule has 1 aromatic heterocycles. The lowest BCUT2D eigenvalue weighted by Crippen LogP contribution is -2.33. The minimum Gasteiger partial charge on any atom is -0.489 e. The van der Waals surface area contributed by atoms with Gasteiger partial charge in [-0.15, -0.1) is 0 Å². The Morgan fingerprint density at radius 3 is 2.46 bits per heavy atom. The highest BCUT2D eigenvalue weighted by Crippen LogP contribution is 2.23. The molecular weight excluding hydrogens is 469 g/mol. The smallest absolute Gasteiger partial charge is 0.230 e. The summed E-state index contributed by atoms with van der Waals surface area (Å²) in [5, 5.41) is 6.86. The van der Waals surface area contributed by atoms with Gasteiger partial charge in [0.1, 0.15) is 12.4 Å². The average molecular weight is 504 g/mol. The van der Waals surface area contributed by atoms with Crippen molar-refractivity contribution in [3.8, 4) is 17.6 Å². The second kappa shape index (κ2) is 12.1. The van der Waals surface area contributed by atoms with Crippen molar-refractivity contribution < 1.29 is 18.4 Å². The molecule has 6 nitrogen and oxygen atoms in total. The van der Waals surface area contributed by atoms with Crippen molar-refractivity contribution in [2.45, 2.75) is 51.9 Å². The van der Waals surface area contributed by atoms with Crippen LogP contribution in [0.1, 0.15) is 62.6 Å². The van der Waals surface area contributed by atoms with Crippen LogP contribution in [-0.2, 0) is 16.6 Å². The van der Waals surface area contributed by atoms with Gasteiger partial charge in [0.25, 0.3) is 0 Å². The molecule has 0 spiro atoms. The molecule has 1 saturated heterocycles. The molecule has 0 saturated carbocycles. The Hall–Kier alpha value is -3.63. The van der Waals surface area contributed by atoms with Gasteiger partial charge in [0.15, 0.2) is 11.6 Å². The summed E-state index contributed by atoms with van der Waals surface area (Å²) >= 11 is 0. The van der Waals surface area contributed by atoms with Gasteiger partial charge in [-0.25, -0.2) is 4.39 Å². The molecule has 1 N–H and O–H groups in total. The number of anilines is 1. The Morgan fingerprint density at radius 1 is 1.05 bits per heavy atom. The first-order valence-corrected chi connectivity index (χ1v) is 12.8. The highest BCUT2D eigenvalue weighted by atomic mass is 19.1. The first kappa shape index (κ1) is 26.4. The normalized spacial score (nSPS) is 14.1. The number of aromatic nitrogens is 1. The molecule has 37 heavy (non-hydrogen) atoms. The van der Waals surface area contributed by atoms with Crippen LogP contribution in [0, 0.1) is 17.7 Å². The van der Waals surface area contributed by atoms with Crippen LogP contribution in [0.5, 0.6) is 5.75 Å². The zero-order valence-electron chi connectivity index (χ0n) is 21.8. The molecule has 4 rings (SSSR count). The number of rotatable bonds is 7. The van der Waals surface area contributed by atoms with Crippen molar-refractivity contribution in [2.24, 2.45) is 0 Å². The van der Waals surface area contributed by atoms with Crippen molar-refractivity contribution in [3.63, 3.8) is 0 Å². The number of amides is 1. The van der Waals surface area contributed by atoms with Crippen LogP contribution < -0.4 is 10.1 Å². The maximum atomic E-state index is 14.2. The molecule has 1 amide bonds. The minimum atomic E-state index is -0.385. The number of piperidine rings is 1. The van der Waals surface area contributed by atoms with Crippen molar-refractivity contribution in [1.29, 1.82) is 0 Å². The number of carbonyl (C=O) groups excluding carboxylic acids is 1. The lowest BCUT2D eigenvalue weighted by atomic mass is 9.93. The predicted octanol–water partition coefficient (Wildman–Crippen LogP) is 5.56. The van der Waals surface area contributed by atoms with E-state index in [9.17, 15) is 9.18 Å². The van der Waals surface area contributed by atoms with Gasteiger partial charge in [-0.3, -0.25) is 9.69 Å². The fraction of sp³-hybridized carbons (Fsp3) is 0.400. The number of hydrogen-bond donors (Lipinski definition) is 1. The molecule has 1 fully saturated rings. The molecule has 2 aromatic carbocycles. The third kappa shape index (κ3) is 7.93. The van der Waals surface area contributed by atoms with Crippen molar-refractivity contribution in [3.05, 3.63) is 76.9 Å². The summed E-state index contributed by atoms with van der Waals surface area (Å²) in [5.41, 5.74) is 2.56. The maximum Gasteiger partial charge on any atom is 0.230 e. The first-order chi connectivity index (χ1) is 17.8. The van der Waals surface area contributed by atoms with E-state index in [2.05, 4.69) is 27.2 Å². The molecule has 0 aliphatic carbocycles. The van der Waals surface area contributed by atoms with Gasteiger partial charge < -0.3 is 14.6 Å². The highest BCUT2D eigenvalue weighted by Gasteiger charge is 2.20. The van der Waals surface area contributed by atoms with Crippen LogP contribution >= 0.6 is 0 Å². The summed E-state index contributed by atoms with van der Waals surface area (Å²) in [4.78, 5) is 14.8. The van der Waals surface area contributed by atoms with E-state index in [-0.39, 0.29) is 29.3 Å². The van der Waals surface area contributed by atoms with Gasteiger partial charge in [-0.2, -0.15) is 0 Å². The second-order valence-corrected chi connectivity index (χ2v) is 10.4. The summed E-state index contributed by atoms with van der Waals surface area (Å²) in [6, 6.07) is 13.7. The number of likely N-dealkylation sites (tertiary alicyclic amines) is 1. The molecule has 194 valence electrons. The van der Waals surface area contributed by atoms with Crippen LogP contribution in [-0.4, -0.2) is 42.2 Å². The van der Waals surface area contributed by atoms with Crippen molar-refractivity contribution in [2.75, 3.05) is 31.6 Å². The standard InChI is InChI=1S/C30H34FN3O3/c1-30(2,3)28-20-25(33-37-28)21-29(35)32-24-12-9-22(10-13-24)7-8-23-11-14-26(31)27(19-23)36-18-17-34-15-5-4-6-16-34/h9-14,19-20H,4-6,15-18,21H2,1-3H3,(H,32,35). The van der Waals surface area contributed by atoms with Crippen LogP contribution in [0.4, 0.5) is 10.1 Å². The summed E-state index contributed by atoms with van der Waals surface area (Å²) in [5.74, 6) is 6.56. The quantitative estimate of drug-likeness (QED) is 0.428. The molecular formula is C30H34FN3O3. The van der Waals surface area contributed by atoms with Gasteiger partial charge in [-0.05, 0) is 68.4 Å². The van der Waals surface area contributed by atoms with E-state index < -0.39 is 0 Å². The summed E-state index contributed by atoms with van der Waals surface area (Å²) < 4.78 is 25.3. The predicted molar refractivity (Wildman–Crippen MR) is 142 cm³/mol. The van der Waals surface area contributed by atoms with Gasteiger partial charge in [0.05, 0.1) is 12.1 Å². The van der Waals surface area contributed by atoms with E-state index in [1.54, 1.807) is 24.3 Å². The molecule has 7 heteroatoms. The summed E-state index contributed by atoms with van der Waals surface area (Å²) in [6.07, 6.45) is 3.85. The second-order valence-electron chi connectivity index (χ2n) is 10.4. The largest absolute Gasteiger partial charge is 0.489 e. The van der Waals surface area contributed by atoms with E-state index in [4.69, 9.17) is 9.26 Å². The van der Waals surface area contributed by atoms with Gasteiger partial charge in [0.2, 0.25) is 5.91 Å². The monoisotopic (exact) mass is 503 g/mol. The number of halogens is 1. The Labute approximate surface area is 218 Å². The molecule has 1 aliphatic heterocycles. The Morgan fingerprint density at radius 2 is 1.76 bits per heavy atom. The lowest BCUT2D eigenvalue weighted by Gasteiger charge is -2.26. The first-order valence-electron chi connectivity index (χ1n) is 12.8. The average Bonchev–Trinajstić information content (AvgIpc) is 3.35. The van der Waals surface area contributed by atoms with Crippen LogP contribution in [0.15, 0.2) is 53.1 Å². The highest BCUT2D eigenvalue weighted by molar-refractivity contribution is 5.92. The molecule has 0 radical (unpaired) electrons. The Balaban J connectivity index is 1.30. The number of benzene rings is 2. The molecule has 0 atom stereocenters. The van der Waals surface area contributed by atoms with Gasteiger partial charge in [-0.1, -0.05) is 44.2 Å². The van der Waals surface area contributed by atoms with E-state index >= 15 is 0 Å². The summed E-state index contributed by atoms with van der Waals surface area (Å²) in [7, 11) is 0. The maximum absolute atomic E-state index is 14.2. The Kier molecular flexibility index (Phi) is 8.62. The van der Waals surface area contributed by atoms with E-state index in [0.29, 0.717) is 23.6 Å². The molecule has 3 aromatic rings. The number of ether oxygens (including phenoxy) is 1. The van der Waals surface area contributed by atoms with Crippen molar-refractivity contribution >= 4 is 11.6 Å². The minimum absolute atomic E-state index is 0.133. The molecule has 0 bridgehead atoms. The van der Waals surface area contributed by atoms with Gasteiger partial charge in [0, 0.05) is 34.8 Å². The summed E-state index contributed by atoms with van der Waals surface area (Å²) in [6.45, 7) is 9.51. The fourth-order valence-corrected chi connectivity index (χ4v) is 4.06. The lowest BCUT2D eigenvalue weighted by molar-refractivity contribution is -0.115. The topological polar surface area (TPSA) is 67.6 Å². The SMILES string of the molecule is CC(C)(C)c1cc(CC(=O)Nc2ccc(C#Cc3ccc(F)c(OCCN4CCCCC4)c3)cc2)no1. The number of carbonyl (C=O) groups is 1. The van der Waals surface area contributed by atoms with E-state index in [1.807, 2.05) is 39.0 Å². The number of nitrogens with one attached hydrogen (secondary N) is 1. The van der Waals surface area contributed by atoms with Gasteiger partial charge >= 0.3 is 0 Å². The third-order valence-electron chi connectivity index (χ3n) is 6.20. The molecule has 2 heterocycles. The van der Waals surface area contributed by atoms with Crippen LogP contribution in [0.2, 0.25) is 0 Å². The number of hydrogen-bond acceptors (Lipinski definition) is 5. The Bertz CT molecular complexity index is 1260. The van der Waals surface area contributed by atoms with E-state index in [1.165, 1.54) is 25.3 Å². The van der Waals surface area contributed by atoms with Crippen molar-refractivity contribution in [1.82, 2.24) is 10.1 Å². The van der Waals surface area contributed by atoms with Crippen LogP contribution in [0.25, 0.3) is 0 Å². The van der Waals surface area contributed by atoms with E-state index in [0.717, 1.165) is 31.0 Å².